The largest absolute Gasteiger partial charge is 0.481 e. The molecule has 2 amide bonds. The summed E-state index contributed by atoms with van der Waals surface area (Å²) in [7, 11) is 0. The highest BCUT2D eigenvalue weighted by Gasteiger charge is 2.36. The molecule has 0 radical (unpaired) electrons. The number of hydrogen-bond donors (Lipinski definition) is 1. The lowest BCUT2D eigenvalue weighted by Gasteiger charge is -2.34. The first-order chi connectivity index (χ1) is 14.5. The molecule has 4 rings (SSSR count). The maximum absolute atomic E-state index is 13.2. The van der Waals surface area contributed by atoms with Crippen LogP contribution in [0.2, 0.25) is 0 Å². The number of urea groups is 1. The number of carboxylic acid groups (broad SMARTS) is 1. The molecule has 1 aromatic rings. The van der Waals surface area contributed by atoms with Gasteiger partial charge in [-0.05, 0) is 80.7 Å². The molecule has 0 atom stereocenters. The highest BCUT2D eigenvalue weighted by molar-refractivity contribution is 5.94. The van der Waals surface area contributed by atoms with Gasteiger partial charge in [-0.2, -0.15) is 0 Å². The van der Waals surface area contributed by atoms with Crippen LogP contribution in [0, 0.1) is 5.92 Å². The molecule has 0 spiro atoms. The number of halogens is 1. The number of benzene rings is 1. The molecule has 7 heteroatoms. The number of amides is 2. The van der Waals surface area contributed by atoms with E-state index in [0.717, 1.165) is 83.4 Å². The van der Waals surface area contributed by atoms with Crippen molar-refractivity contribution in [3.05, 3.63) is 29.3 Å². The van der Waals surface area contributed by atoms with Crippen LogP contribution in [-0.2, 0) is 17.6 Å². The predicted molar refractivity (Wildman–Crippen MR) is 125 cm³/mol. The second kappa shape index (κ2) is 10.7. The zero-order valence-electron chi connectivity index (χ0n) is 18.6. The Morgan fingerprint density at radius 1 is 1.03 bits per heavy atom. The second-order valence-electron chi connectivity index (χ2n) is 9.12. The second-order valence-corrected chi connectivity index (χ2v) is 9.12. The number of carbonyl (C=O) groups excluding carboxylic acids is 1. The molecule has 6 nitrogen and oxygen atoms in total. The predicted octanol–water partition coefficient (Wildman–Crippen LogP) is 4.19. The molecule has 3 aliphatic rings. The van der Waals surface area contributed by atoms with Gasteiger partial charge in [-0.3, -0.25) is 9.69 Å². The van der Waals surface area contributed by atoms with E-state index in [2.05, 4.69) is 34.9 Å². The number of nitrogens with zero attached hydrogens (tertiary/aromatic N) is 3. The van der Waals surface area contributed by atoms with Crippen molar-refractivity contribution < 1.29 is 14.7 Å². The summed E-state index contributed by atoms with van der Waals surface area (Å²) in [6.45, 7) is 7.09. The summed E-state index contributed by atoms with van der Waals surface area (Å²) in [6, 6.07) is 7.06. The van der Waals surface area contributed by atoms with E-state index in [4.69, 9.17) is 5.11 Å². The molecule has 2 heterocycles. The van der Waals surface area contributed by atoms with Crippen molar-refractivity contribution in [1.82, 2.24) is 9.80 Å². The molecule has 0 bridgehead atoms. The van der Waals surface area contributed by atoms with E-state index in [0.29, 0.717) is 12.0 Å². The number of carbonyl (C=O) groups is 2. The Morgan fingerprint density at radius 3 is 2.42 bits per heavy atom. The Balaban J connectivity index is 0.00000272. The van der Waals surface area contributed by atoms with Crippen molar-refractivity contribution in [3.8, 4) is 0 Å². The fraction of sp³-hybridized carbons (Fsp3) is 0.667. The Bertz CT molecular complexity index is 779. The zero-order valence-corrected chi connectivity index (χ0v) is 19.4. The SMILES string of the molecule is CCN1CCc2ccc(N3CCN(C4CCC(CCC(=O)O)CC4)C3=O)cc2CC1.Cl. The molecule has 1 N–H and O–H groups in total. The van der Waals surface area contributed by atoms with E-state index < -0.39 is 5.97 Å². The molecule has 1 aromatic carbocycles. The molecule has 0 unspecified atom stereocenters. The van der Waals surface area contributed by atoms with E-state index in [-0.39, 0.29) is 24.9 Å². The van der Waals surface area contributed by atoms with Gasteiger partial charge in [0.2, 0.25) is 0 Å². The molecule has 0 aromatic heterocycles. The first kappa shape index (κ1) is 23.9. The van der Waals surface area contributed by atoms with Crippen molar-refractivity contribution in [2.45, 2.75) is 64.3 Å². The van der Waals surface area contributed by atoms with Gasteiger partial charge < -0.3 is 14.9 Å². The minimum atomic E-state index is -0.703. The summed E-state index contributed by atoms with van der Waals surface area (Å²) in [5.74, 6) is -0.205. The van der Waals surface area contributed by atoms with Crippen LogP contribution >= 0.6 is 12.4 Å². The average molecular weight is 450 g/mol. The van der Waals surface area contributed by atoms with Gasteiger partial charge in [-0.25, -0.2) is 4.79 Å². The molecule has 31 heavy (non-hydrogen) atoms. The van der Waals surface area contributed by atoms with Crippen molar-refractivity contribution in [1.29, 1.82) is 0 Å². The van der Waals surface area contributed by atoms with Crippen LogP contribution in [0.4, 0.5) is 10.5 Å². The summed E-state index contributed by atoms with van der Waals surface area (Å²) in [4.78, 5) is 30.5. The number of carboxylic acids is 1. The molecule has 2 aliphatic heterocycles. The van der Waals surface area contributed by atoms with Gasteiger partial charge >= 0.3 is 12.0 Å². The van der Waals surface area contributed by atoms with Gasteiger partial charge in [0, 0.05) is 44.3 Å². The Hall–Kier alpha value is -1.79. The Kier molecular flexibility index (Phi) is 8.23. The lowest BCUT2D eigenvalue weighted by atomic mass is 9.83. The van der Waals surface area contributed by atoms with Crippen LogP contribution in [0.3, 0.4) is 0 Å². The van der Waals surface area contributed by atoms with Crippen LogP contribution in [0.1, 0.15) is 56.6 Å². The zero-order chi connectivity index (χ0) is 21.1. The van der Waals surface area contributed by atoms with E-state index in [1.807, 2.05) is 4.90 Å². The van der Waals surface area contributed by atoms with Crippen molar-refractivity contribution in [2.75, 3.05) is 37.6 Å². The number of rotatable bonds is 6. The summed E-state index contributed by atoms with van der Waals surface area (Å²) in [6.07, 6.45) is 7.26. The summed E-state index contributed by atoms with van der Waals surface area (Å²) >= 11 is 0. The van der Waals surface area contributed by atoms with Gasteiger partial charge in [0.05, 0.1) is 0 Å². The monoisotopic (exact) mass is 449 g/mol. The molecule has 172 valence electrons. The summed E-state index contributed by atoms with van der Waals surface area (Å²) in [5.41, 5.74) is 3.87. The Morgan fingerprint density at radius 2 is 1.74 bits per heavy atom. The van der Waals surface area contributed by atoms with Crippen molar-refractivity contribution in [2.24, 2.45) is 5.92 Å². The highest BCUT2D eigenvalue weighted by atomic mass is 35.5. The number of fused-ring (bicyclic) bond motifs is 1. The van der Waals surface area contributed by atoms with Gasteiger partial charge in [-0.15, -0.1) is 12.4 Å². The molecular formula is C24H36ClN3O3. The number of aliphatic carboxylic acids is 1. The maximum Gasteiger partial charge on any atom is 0.324 e. The Labute approximate surface area is 192 Å². The third-order valence-electron chi connectivity index (χ3n) is 7.41. The molecular weight excluding hydrogens is 414 g/mol. The highest BCUT2D eigenvalue weighted by Crippen LogP contribution is 2.33. The van der Waals surface area contributed by atoms with Gasteiger partial charge in [-0.1, -0.05) is 13.0 Å². The van der Waals surface area contributed by atoms with Crippen LogP contribution in [0.25, 0.3) is 0 Å². The molecule has 1 aliphatic carbocycles. The fourth-order valence-electron chi connectivity index (χ4n) is 5.45. The fourth-order valence-corrected chi connectivity index (χ4v) is 5.45. The minimum absolute atomic E-state index is 0. The van der Waals surface area contributed by atoms with Gasteiger partial charge in [0.15, 0.2) is 0 Å². The van der Waals surface area contributed by atoms with Gasteiger partial charge in [0.1, 0.15) is 0 Å². The lowest BCUT2D eigenvalue weighted by Crippen LogP contribution is -2.41. The third kappa shape index (κ3) is 5.53. The quantitative estimate of drug-likeness (QED) is 0.707. The maximum atomic E-state index is 13.2. The topological polar surface area (TPSA) is 64.1 Å². The van der Waals surface area contributed by atoms with E-state index >= 15 is 0 Å². The lowest BCUT2D eigenvalue weighted by molar-refractivity contribution is -0.137. The molecule has 1 saturated carbocycles. The van der Waals surface area contributed by atoms with E-state index in [1.165, 1.54) is 11.1 Å². The van der Waals surface area contributed by atoms with Crippen molar-refractivity contribution >= 4 is 30.1 Å². The smallest absolute Gasteiger partial charge is 0.324 e. The third-order valence-corrected chi connectivity index (χ3v) is 7.41. The number of likely N-dealkylation sites (N-methyl/N-ethyl adjacent to an activating group) is 1. The summed E-state index contributed by atoms with van der Waals surface area (Å²) < 4.78 is 0. The van der Waals surface area contributed by atoms with Crippen molar-refractivity contribution in [3.63, 3.8) is 0 Å². The number of anilines is 1. The van der Waals surface area contributed by atoms with E-state index in [1.54, 1.807) is 0 Å². The normalized spacial score (nSPS) is 24.5. The van der Waals surface area contributed by atoms with Gasteiger partial charge in [0.25, 0.3) is 0 Å². The van der Waals surface area contributed by atoms with Crippen LogP contribution < -0.4 is 4.90 Å². The molecule has 2 fully saturated rings. The van der Waals surface area contributed by atoms with Crippen LogP contribution in [-0.4, -0.2) is 65.7 Å². The first-order valence-corrected chi connectivity index (χ1v) is 11.7. The minimum Gasteiger partial charge on any atom is -0.481 e. The first-order valence-electron chi connectivity index (χ1n) is 11.7. The summed E-state index contributed by atoms with van der Waals surface area (Å²) in [5, 5.41) is 8.90. The average Bonchev–Trinajstić information content (AvgIpc) is 3.01. The van der Waals surface area contributed by atoms with E-state index in [9.17, 15) is 9.59 Å². The van der Waals surface area contributed by atoms with Crippen LogP contribution in [0.15, 0.2) is 18.2 Å². The molecule has 1 saturated heterocycles. The number of hydrogen-bond acceptors (Lipinski definition) is 3. The van der Waals surface area contributed by atoms with Crippen LogP contribution in [0.5, 0.6) is 0 Å². The standard InChI is InChI=1S/C24H35N3O3.ClH/c1-2-25-13-11-19-6-9-22(17-20(19)12-14-25)27-16-15-26(24(27)30)21-7-3-18(4-8-21)5-10-23(28)29;/h6,9,17-18,21H,2-5,7-8,10-16H2,1H3,(H,28,29);1H.